The largest absolute Gasteiger partial charge is 0.478 e. The van der Waals surface area contributed by atoms with Gasteiger partial charge in [0.1, 0.15) is 0 Å². The van der Waals surface area contributed by atoms with Gasteiger partial charge in [0.25, 0.3) is 0 Å². The number of carboxylic acids is 1. The Morgan fingerprint density at radius 2 is 1.57 bits per heavy atom. The number of halogens is 7. The number of carboxylic acid groups (broad SMARTS) is 1. The average Bonchev–Trinajstić information content (AvgIpc) is 3.26. The van der Waals surface area contributed by atoms with E-state index in [1.807, 2.05) is 0 Å². The van der Waals surface area contributed by atoms with Gasteiger partial charge in [-0.25, -0.2) is 9.48 Å². The minimum atomic E-state index is -4.57. The number of hydrogen-bond acceptors (Lipinski definition) is 3. The molecule has 37 heavy (non-hydrogen) atoms. The quantitative estimate of drug-likeness (QED) is 0.229. The Morgan fingerprint density at radius 3 is 2.14 bits per heavy atom. The first-order valence-corrected chi connectivity index (χ1v) is 11.3. The van der Waals surface area contributed by atoms with E-state index in [-0.39, 0.29) is 22.3 Å². The van der Waals surface area contributed by atoms with Crippen LogP contribution in [0.5, 0.6) is 0 Å². The number of anilines is 1. The third kappa shape index (κ3) is 5.96. The van der Waals surface area contributed by atoms with Crippen molar-refractivity contribution in [1.29, 1.82) is 0 Å². The van der Waals surface area contributed by atoms with E-state index in [0.29, 0.717) is 22.5 Å². The van der Waals surface area contributed by atoms with E-state index in [9.17, 15) is 31.1 Å². The van der Waals surface area contributed by atoms with Gasteiger partial charge in [0.15, 0.2) is 0 Å². The van der Waals surface area contributed by atoms with E-state index in [0.717, 1.165) is 18.2 Å². The van der Waals surface area contributed by atoms with Crippen LogP contribution in [0.1, 0.15) is 27.0 Å². The summed E-state index contributed by atoms with van der Waals surface area (Å²) >= 11 is 2.89. The minimum Gasteiger partial charge on any atom is -0.478 e. The normalized spacial score (nSPS) is 12.0. The summed E-state index contributed by atoms with van der Waals surface area (Å²) in [6.07, 6.45) is -7.53. The van der Waals surface area contributed by atoms with Crippen molar-refractivity contribution in [3.63, 3.8) is 0 Å². The fourth-order valence-electron chi connectivity index (χ4n) is 3.54. The Hall–Kier alpha value is -3.80. The molecule has 0 amide bonds. The third-order valence-electron chi connectivity index (χ3n) is 5.41. The van der Waals surface area contributed by atoms with Gasteiger partial charge >= 0.3 is 18.3 Å². The second-order valence-electron chi connectivity index (χ2n) is 7.92. The zero-order valence-electron chi connectivity index (χ0n) is 18.5. The second kappa shape index (κ2) is 9.92. The molecule has 1 aromatic heterocycles. The standard InChI is InChI=1S/C25H16BrF6N3O2/c26-21-10-7-18(11-20(21)25(30,31)32)33-12-16-13-35(19-8-3-15(4-9-19)23(36)37)34-22(16)14-1-5-17(6-2-14)24(27,28)29/h1-11,13,33H,12H2,(H,36,37). The molecule has 4 aromatic rings. The van der Waals surface area contributed by atoms with E-state index in [4.69, 9.17) is 5.11 Å². The number of benzene rings is 3. The van der Waals surface area contributed by atoms with Crippen molar-refractivity contribution < 1.29 is 36.2 Å². The highest BCUT2D eigenvalue weighted by Crippen LogP contribution is 2.37. The van der Waals surface area contributed by atoms with Crippen LogP contribution in [0.15, 0.2) is 77.4 Å². The molecular weight excluding hydrogens is 568 g/mol. The van der Waals surface area contributed by atoms with Crippen molar-refractivity contribution >= 4 is 27.6 Å². The topological polar surface area (TPSA) is 67.2 Å². The molecule has 0 aliphatic rings. The molecule has 0 spiro atoms. The molecule has 192 valence electrons. The molecule has 3 aromatic carbocycles. The molecule has 0 bridgehead atoms. The Balaban J connectivity index is 1.70. The summed E-state index contributed by atoms with van der Waals surface area (Å²) in [5.74, 6) is -1.12. The molecule has 0 unspecified atom stereocenters. The molecule has 5 nitrogen and oxygen atoms in total. The fourth-order valence-corrected chi connectivity index (χ4v) is 4.01. The lowest BCUT2D eigenvalue weighted by Crippen LogP contribution is -2.08. The lowest BCUT2D eigenvalue weighted by Gasteiger charge is -2.13. The Bertz CT molecular complexity index is 1430. The van der Waals surface area contributed by atoms with E-state index in [1.54, 1.807) is 6.20 Å². The molecule has 0 saturated heterocycles. The predicted molar refractivity (Wildman–Crippen MR) is 127 cm³/mol. The van der Waals surface area contributed by atoms with E-state index >= 15 is 0 Å². The van der Waals surface area contributed by atoms with E-state index < -0.39 is 29.4 Å². The summed E-state index contributed by atoms with van der Waals surface area (Å²) in [7, 11) is 0. The Labute approximate surface area is 214 Å². The number of nitrogens with one attached hydrogen (secondary N) is 1. The summed E-state index contributed by atoms with van der Waals surface area (Å²) in [5, 5.41) is 16.5. The summed E-state index contributed by atoms with van der Waals surface area (Å²) in [5.41, 5.74) is 0.146. The zero-order chi connectivity index (χ0) is 27.0. The molecule has 0 aliphatic heterocycles. The predicted octanol–water partition coefficient (Wildman–Crippen LogP) is 7.65. The van der Waals surface area contributed by atoms with Crippen molar-refractivity contribution in [2.24, 2.45) is 0 Å². The van der Waals surface area contributed by atoms with Crippen LogP contribution in [0.4, 0.5) is 32.0 Å². The van der Waals surface area contributed by atoms with Gasteiger partial charge < -0.3 is 10.4 Å². The van der Waals surface area contributed by atoms with Crippen molar-refractivity contribution in [2.75, 3.05) is 5.32 Å². The number of nitrogens with zero attached hydrogens (tertiary/aromatic N) is 2. The summed E-state index contributed by atoms with van der Waals surface area (Å²) in [4.78, 5) is 11.1. The summed E-state index contributed by atoms with van der Waals surface area (Å²) in [6, 6.07) is 13.8. The fraction of sp³-hybridized carbons (Fsp3) is 0.120. The maximum atomic E-state index is 13.3. The molecular formula is C25H16BrF6N3O2. The SMILES string of the molecule is O=C(O)c1ccc(-n2cc(CNc3ccc(Br)c(C(F)(F)F)c3)c(-c3ccc(C(F)(F)F)cc3)n2)cc1. The van der Waals surface area contributed by atoms with Gasteiger partial charge in [-0.3, -0.25) is 0 Å². The smallest absolute Gasteiger partial charge is 0.417 e. The highest BCUT2D eigenvalue weighted by molar-refractivity contribution is 9.10. The molecule has 0 saturated carbocycles. The Morgan fingerprint density at radius 1 is 0.919 bits per heavy atom. The number of alkyl halides is 6. The highest BCUT2D eigenvalue weighted by atomic mass is 79.9. The lowest BCUT2D eigenvalue weighted by atomic mass is 10.1. The first-order chi connectivity index (χ1) is 17.3. The van der Waals surface area contributed by atoms with E-state index in [2.05, 4.69) is 26.3 Å². The van der Waals surface area contributed by atoms with Crippen LogP contribution in [0, 0.1) is 0 Å². The lowest BCUT2D eigenvalue weighted by molar-refractivity contribution is -0.138. The first kappa shape index (κ1) is 26.3. The van der Waals surface area contributed by atoms with Crippen LogP contribution >= 0.6 is 15.9 Å². The first-order valence-electron chi connectivity index (χ1n) is 10.5. The van der Waals surface area contributed by atoms with Crippen LogP contribution < -0.4 is 5.32 Å². The number of aromatic nitrogens is 2. The second-order valence-corrected chi connectivity index (χ2v) is 8.77. The number of aromatic carboxylic acids is 1. The maximum absolute atomic E-state index is 13.3. The van der Waals surface area contributed by atoms with Gasteiger partial charge in [-0.1, -0.05) is 28.1 Å². The van der Waals surface area contributed by atoms with Crippen LogP contribution in [-0.4, -0.2) is 20.9 Å². The monoisotopic (exact) mass is 583 g/mol. The van der Waals surface area contributed by atoms with Gasteiger partial charge in [-0.05, 0) is 54.6 Å². The van der Waals surface area contributed by atoms with E-state index in [1.165, 1.54) is 53.2 Å². The zero-order valence-corrected chi connectivity index (χ0v) is 20.1. The number of rotatable bonds is 6. The molecule has 1 heterocycles. The van der Waals surface area contributed by atoms with Crippen molar-refractivity contribution in [2.45, 2.75) is 18.9 Å². The summed E-state index contributed by atoms with van der Waals surface area (Å²) < 4.78 is 80.2. The number of hydrogen-bond donors (Lipinski definition) is 2. The highest BCUT2D eigenvalue weighted by Gasteiger charge is 2.33. The third-order valence-corrected chi connectivity index (χ3v) is 6.10. The van der Waals surface area contributed by atoms with Gasteiger partial charge in [-0.15, -0.1) is 0 Å². The maximum Gasteiger partial charge on any atom is 0.417 e. The van der Waals surface area contributed by atoms with Crippen LogP contribution in [0.25, 0.3) is 16.9 Å². The van der Waals surface area contributed by atoms with Crippen LogP contribution in [-0.2, 0) is 18.9 Å². The molecule has 4 rings (SSSR count). The number of carbonyl (C=O) groups is 1. The Kier molecular flexibility index (Phi) is 7.05. The summed E-state index contributed by atoms with van der Waals surface area (Å²) in [6.45, 7) is 0.00247. The van der Waals surface area contributed by atoms with Gasteiger partial charge in [-0.2, -0.15) is 31.4 Å². The molecule has 12 heteroatoms. The average molecular weight is 584 g/mol. The van der Waals surface area contributed by atoms with Crippen LogP contribution in [0.2, 0.25) is 0 Å². The van der Waals surface area contributed by atoms with Gasteiger partial charge in [0.05, 0.1) is 28.1 Å². The molecule has 0 aliphatic carbocycles. The van der Waals surface area contributed by atoms with Gasteiger partial charge in [0.2, 0.25) is 0 Å². The minimum absolute atomic E-state index is 0.00247. The van der Waals surface area contributed by atoms with Gasteiger partial charge in [0, 0.05) is 34.0 Å². The van der Waals surface area contributed by atoms with Crippen LogP contribution in [0.3, 0.4) is 0 Å². The van der Waals surface area contributed by atoms with Crippen molar-refractivity contribution in [3.05, 3.63) is 99.7 Å². The van der Waals surface area contributed by atoms with Crippen molar-refractivity contribution in [1.82, 2.24) is 9.78 Å². The molecule has 2 N–H and O–H groups in total. The molecule has 0 fully saturated rings. The molecule has 0 radical (unpaired) electrons. The van der Waals surface area contributed by atoms with Crippen molar-refractivity contribution in [3.8, 4) is 16.9 Å². The molecule has 0 atom stereocenters.